The number of hydrogen-bond acceptors (Lipinski definition) is 4. The Kier molecular flexibility index (Phi) is 1.85. The van der Waals surface area contributed by atoms with Crippen LogP contribution in [0.5, 0.6) is 0 Å². The molecular weight excluding hydrogens is 148 g/mol. The van der Waals surface area contributed by atoms with Crippen molar-refractivity contribution >= 4 is 11.9 Å². The third-order valence-corrected chi connectivity index (χ3v) is 2.18. The molecule has 11 heavy (non-hydrogen) atoms. The summed E-state index contributed by atoms with van der Waals surface area (Å²) in [6.45, 7) is 3.52. The standard InChI is InChI=1S/C7H10O4/c1-3-7(4-2)5(8)10-11-6(7)9/h3-4H2,1-2H3. The molecule has 62 valence electrons. The molecular formula is C7H10O4. The fraction of sp³-hybridized carbons (Fsp3) is 0.714. The molecule has 0 N–H and O–H groups in total. The van der Waals surface area contributed by atoms with Gasteiger partial charge in [-0.25, -0.2) is 19.4 Å². The molecule has 0 aromatic heterocycles. The van der Waals surface area contributed by atoms with E-state index in [1.165, 1.54) is 0 Å². The Labute approximate surface area is 64.4 Å². The summed E-state index contributed by atoms with van der Waals surface area (Å²) >= 11 is 0. The molecule has 0 radical (unpaired) electrons. The van der Waals surface area contributed by atoms with E-state index in [9.17, 15) is 9.59 Å². The normalized spacial score (nSPS) is 21.3. The predicted molar refractivity (Wildman–Crippen MR) is 35.2 cm³/mol. The van der Waals surface area contributed by atoms with E-state index < -0.39 is 17.4 Å². The smallest absolute Gasteiger partial charge is 0.246 e. The maximum atomic E-state index is 11.0. The van der Waals surface area contributed by atoms with Crippen LogP contribution in [-0.4, -0.2) is 11.9 Å². The Morgan fingerprint density at radius 2 is 1.45 bits per heavy atom. The summed E-state index contributed by atoms with van der Waals surface area (Å²) < 4.78 is 0. The number of carbonyl (C=O) groups is 2. The Morgan fingerprint density at radius 1 is 1.09 bits per heavy atom. The molecule has 1 fully saturated rings. The summed E-state index contributed by atoms with van der Waals surface area (Å²) in [4.78, 5) is 30.4. The fourth-order valence-electron chi connectivity index (χ4n) is 1.15. The van der Waals surface area contributed by atoms with Crippen LogP contribution in [-0.2, 0) is 19.4 Å². The third-order valence-electron chi connectivity index (χ3n) is 2.18. The lowest BCUT2D eigenvalue weighted by molar-refractivity contribution is -0.235. The first kappa shape index (κ1) is 8.04. The van der Waals surface area contributed by atoms with Crippen molar-refractivity contribution in [1.29, 1.82) is 0 Å². The lowest BCUT2D eigenvalue weighted by Crippen LogP contribution is -2.31. The van der Waals surface area contributed by atoms with Gasteiger partial charge in [0.15, 0.2) is 5.41 Å². The molecule has 4 heteroatoms. The van der Waals surface area contributed by atoms with Crippen molar-refractivity contribution in [3.8, 4) is 0 Å². The molecule has 0 aromatic rings. The maximum Gasteiger partial charge on any atom is 0.372 e. The molecule has 0 atom stereocenters. The van der Waals surface area contributed by atoms with Gasteiger partial charge in [-0.3, -0.25) is 0 Å². The highest BCUT2D eigenvalue weighted by Gasteiger charge is 2.53. The van der Waals surface area contributed by atoms with Crippen LogP contribution in [0, 0.1) is 5.41 Å². The van der Waals surface area contributed by atoms with E-state index in [0.29, 0.717) is 12.8 Å². The second-order valence-corrected chi connectivity index (χ2v) is 2.53. The first-order valence-electron chi connectivity index (χ1n) is 3.60. The maximum absolute atomic E-state index is 11.0. The highest BCUT2D eigenvalue weighted by atomic mass is 17.2. The summed E-state index contributed by atoms with van der Waals surface area (Å²) in [6, 6.07) is 0. The van der Waals surface area contributed by atoms with Crippen molar-refractivity contribution in [2.75, 3.05) is 0 Å². The van der Waals surface area contributed by atoms with Gasteiger partial charge in [-0.15, -0.1) is 0 Å². The van der Waals surface area contributed by atoms with E-state index in [1.54, 1.807) is 13.8 Å². The molecule has 0 aromatic carbocycles. The van der Waals surface area contributed by atoms with Crippen LogP contribution in [0.3, 0.4) is 0 Å². The van der Waals surface area contributed by atoms with Gasteiger partial charge in [-0.05, 0) is 12.8 Å². The van der Waals surface area contributed by atoms with Crippen molar-refractivity contribution < 1.29 is 19.4 Å². The van der Waals surface area contributed by atoms with E-state index in [1.807, 2.05) is 0 Å². The van der Waals surface area contributed by atoms with Gasteiger partial charge in [-0.1, -0.05) is 13.8 Å². The lowest BCUT2D eigenvalue weighted by atomic mass is 9.83. The predicted octanol–water partition coefficient (Wildman–Crippen LogP) is 0.808. The summed E-state index contributed by atoms with van der Waals surface area (Å²) in [5, 5.41) is 0. The molecule has 1 aliphatic rings. The van der Waals surface area contributed by atoms with E-state index >= 15 is 0 Å². The molecule has 0 aliphatic carbocycles. The number of hydrogen-bond donors (Lipinski definition) is 0. The molecule has 0 saturated carbocycles. The van der Waals surface area contributed by atoms with Crippen LogP contribution in [0.25, 0.3) is 0 Å². The number of carbonyl (C=O) groups excluding carboxylic acids is 2. The summed E-state index contributed by atoms with van der Waals surface area (Å²) in [5.41, 5.74) is -1.03. The van der Waals surface area contributed by atoms with Gasteiger partial charge in [0, 0.05) is 0 Å². The van der Waals surface area contributed by atoms with E-state index in [4.69, 9.17) is 0 Å². The average Bonchev–Trinajstić information content (AvgIpc) is 2.29. The first-order chi connectivity index (χ1) is 5.17. The fourth-order valence-corrected chi connectivity index (χ4v) is 1.15. The van der Waals surface area contributed by atoms with Gasteiger partial charge in [0.25, 0.3) is 0 Å². The van der Waals surface area contributed by atoms with Gasteiger partial charge in [-0.2, -0.15) is 0 Å². The largest absolute Gasteiger partial charge is 0.372 e. The van der Waals surface area contributed by atoms with Crippen LogP contribution in [0.15, 0.2) is 0 Å². The zero-order valence-electron chi connectivity index (χ0n) is 6.55. The highest BCUT2D eigenvalue weighted by Crippen LogP contribution is 2.34. The topological polar surface area (TPSA) is 52.6 Å². The SMILES string of the molecule is CCC1(CC)C(=O)OOC1=O. The Bertz CT molecular complexity index is 175. The summed E-state index contributed by atoms with van der Waals surface area (Å²) in [7, 11) is 0. The quantitative estimate of drug-likeness (QED) is 0.440. The minimum atomic E-state index is -1.03. The Morgan fingerprint density at radius 3 is 1.64 bits per heavy atom. The van der Waals surface area contributed by atoms with Crippen LogP contribution in [0.1, 0.15) is 26.7 Å². The van der Waals surface area contributed by atoms with Crippen molar-refractivity contribution in [3.63, 3.8) is 0 Å². The minimum absolute atomic E-state index is 0.432. The van der Waals surface area contributed by atoms with Gasteiger partial charge < -0.3 is 0 Å². The van der Waals surface area contributed by atoms with Crippen LogP contribution >= 0.6 is 0 Å². The highest BCUT2D eigenvalue weighted by molar-refractivity contribution is 6.02. The molecule has 0 amide bonds. The number of rotatable bonds is 2. The third kappa shape index (κ3) is 0.895. The van der Waals surface area contributed by atoms with Crippen molar-refractivity contribution in [2.45, 2.75) is 26.7 Å². The van der Waals surface area contributed by atoms with Gasteiger partial charge >= 0.3 is 11.9 Å². The zero-order chi connectivity index (χ0) is 8.48. The minimum Gasteiger partial charge on any atom is -0.246 e. The van der Waals surface area contributed by atoms with Crippen LogP contribution < -0.4 is 0 Å². The van der Waals surface area contributed by atoms with Crippen molar-refractivity contribution in [2.24, 2.45) is 5.41 Å². The molecule has 0 spiro atoms. The van der Waals surface area contributed by atoms with E-state index in [0.717, 1.165) is 0 Å². The molecule has 0 unspecified atom stereocenters. The molecule has 0 bridgehead atoms. The molecule has 1 saturated heterocycles. The van der Waals surface area contributed by atoms with Gasteiger partial charge in [0.2, 0.25) is 0 Å². The van der Waals surface area contributed by atoms with E-state index in [-0.39, 0.29) is 0 Å². The molecule has 1 rings (SSSR count). The Balaban J connectivity index is 2.94. The summed E-state index contributed by atoms with van der Waals surface area (Å²) in [5.74, 6) is -1.12. The monoisotopic (exact) mass is 158 g/mol. The van der Waals surface area contributed by atoms with Gasteiger partial charge in [0.05, 0.1) is 0 Å². The van der Waals surface area contributed by atoms with Gasteiger partial charge in [0.1, 0.15) is 0 Å². The Hall–Kier alpha value is -1.06. The van der Waals surface area contributed by atoms with E-state index in [2.05, 4.69) is 9.78 Å². The summed E-state index contributed by atoms with van der Waals surface area (Å²) in [6.07, 6.45) is 0.863. The van der Waals surface area contributed by atoms with Crippen LogP contribution in [0.4, 0.5) is 0 Å². The van der Waals surface area contributed by atoms with Crippen molar-refractivity contribution in [3.05, 3.63) is 0 Å². The lowest BCUT2D eigenvalue weighted by Gasteiger charge is -2.13. The van der Waals surface area contributed by atoms with Crippen molar-refractivity contribution in [1.82, 2.24) is 0 Å². The first-order valence-corrected chi connectivity index (χ1v) is 3.60. The average molecular weight is 158 g/mol. The second kappa shape index (κ2) is 2.53. The molecule has 4 nitrogen and oxygen atoms in total. The molecule has 1 heterocycles. The van der Waals surface area contributed by atoms with Crippen LogP contribution in [0.2, 0.25) is 0 Å². The molecule has 1 aliphatic heterocycles. The second-order valence-electron chi connectivity index (χ2n) is 2.53. The zero-order valence-corrected chi connectivity index (χ0v) is 6.55.